The van der Waals surface area contributed by atoms with Gasteiger partial charge in [-0.15, -0.1) is 0 Å². The molecule has 0 amide bonds. The number of nitrogens with zero attached hydrogens (tertiary/aromatic N) is 8. The lowest BCUT2D eigenvalue weighted by atomic mass is 9.44. The first kappa shape index (κ1) is 97.2. The highest BCUT2D eigenvalue weighted by molar-refractivity contribution is 6.30. The second-order valence-corrected chi connectivity index (χ2v) is 50.7. The fraction of sp³-hybridized carbons (Fsp3) is 0.820. The topological polar surface area (TPSA) is 257 Å². The SMILES string of the molecule is COC[C@@]1(O)CC[C@@]2(C)[C@@H](CC[C@@H]3[C@@H]2CC[C@]2(C)[C@@H](C(=O)Cn4cc(Cl)cn4)CC[C@@H]32)C1.COC[C@@]1(O)CC[C@@]2(C)[C@@H](CC[C@@H]3[C@@H]2CC[C@]2(C)[C@@H](C(=O)Cn4cc5ccc(C)cc5n4)CC[C@@H]32)C1.COC[C@@]1(O)CC[C@@]2(C)[C@@H](CC[C@@H]3[C@@H]2CC[C@]2(C)[C@@H](C(=O)Cn4cnc(C)c4)CC[C@@H]32)C1.COC[C@@]1(O)CC[C@@]2(C)[C@@H](CC[C@@H]3[C@@H]2CC[C@]2(C)[C@H](C(=O)Cn4cnc(C)c4)CC[C@@H]32)C1. The number of halogens is 1. The van der Waals surface area contributed by atoms with Crippen molar-refractivity contribution in [1.29, 1.82) is 0 Å². The van der Waals surface area contributed by atoms with E-state index in [2.05, 4.69) is 95.6 Å². The van der Waals surface area contributed by atoms with Crippen molar-refractivity contribution in [3.63, 3.8) is 0 Å². The van der Waals surface area contributed by atoms with Crippen molar-refractivity contribution in [3.8, 4) is 0 Å². The fourth-order valence-electron chi connectivity index (χ4n) is 36.9. The van der Waals surface area contributed by atoms with Gasteiger partial charge in [-0.3, -0.25) is 28.5 Å². The molecule has 0 saturated heterocycles. The summed E-state index contributed by atoms with van der Waals surface area (Å²) in [6.45, 7) is 29.4. The van der Waals surface area contributed by atoms with Gasteiger partial charge in [0.25, 0.3) is 0 Å². The Balaban J connectivity index is 0.000000118. The van der Waals surface area contributed by atoms with Crippen molar-refractivity contribution < 1.29 is 58.6 Å². The molecule has 132 heavy (non-hydrogen) atoms. The standard InChI is InChI=1S/C31H44N2O3.2C27H42N2O3.C26H39ClN2O3/c1-20-5-6-21-17-33(32-27(21)15-20)18-28(34)26-10-9-24-23-8-7-22-16-31(35,19-36-4)14-13-29(22,2)25(23)11-12-30(24,26)3;2*1-18-14-29(17-28-18)15-24(30)23-8-7-21-20-6-5-19-13-27(31,16-32-4)12-11-25(19,2)22(20)9-10-26(21,23)3;1-24-10-11-26(31,16-32-3)12-17(24)4-5-19-20-6-7-22(25(20,2)9-8-21(19)24)23(30)15-29-14-18(27)13-28-29/h5-6,15,17,22-26,35H,7-14,16,18-19H2,1-4H3;2*14,17,19-23,31H,5-13,15-16H2,1-4H3;13-14,17,19-22,31H,4-12,15-16H2,1-3H3/t22-,23-,24-,25-,26+,29-,30-,31+;19-,20-,21-,22-,23+,25-,26-,27+;19-,20-,21-,22-,23-,25-,26-,27+;17-,19-,20-,21-,22+,24-,25-,26+/m0000/s1. The monoisotopic (exact) mass is 1840 g/mol. The number of Topliss-reactive ketones (excluding diaryl/α,β-unsaturated/α-hetero) is 4. The summed E-state index contributed by atoms with van der Waals surface area (Å²) >= 11 is 6.00. The second kappa shape index (κ2) is 36.9. The smallest absolute Gasteiger partial charge is 0.157 e. The Hall–Kier alpha value is -5.03. The quantitative estimate of drug-likeness (QED) is 0.0565. The number of carbonyl (C=O) groups excluding carboxylic acids is 4. The largest absolute Gasteiger partial charge is 0.387 e. The summed E-state index contributed by atoms with van der Waals surface area (Å²) in [5.41, 5.74) is 3.43. The fourth-order valence-corrected chi connectivity index (χ4v) is 37.1. The van der Waals surface area contributed by atoms with E-state index in [1.165, 1.54) is 128 Å². The van der Waals surface area contributed by atoms with E-state index in [1.807, 2.05) is 46.3 Å². The highest BCUT2D eigenvalue weighted by Gasteiger charge is 2.68. The van der Waals surface area contributed by atoms with E-state index < -0.39 is 22.4 Å². The number of aliphatic hydroxyl groups is 4. The number of carbonyl (C=O) groups is 4. The number of benzene rings is 1. The third-order valence-corrected chi connectivity index (χ3v) is 43.8. The first-order valence-electron chi connectivity index (χ1n) is 52.8. The van der Waals surface area contributed by atoms with Gasteiger partial charge in [0, 0.05) is 82.3 Å². The number of rotatable bonds is 20. The Morgan fingerprint density at radius 3 is 0.955 bits per heavy atom. The van der Waals surface area contributed by atoms with Crippen LogP contribution in [0.1, 0.15) is 303 Å². The normalized spacial score (nSPS) is 44.7. The summed E-state index contributed by atoms with van der Waals surface area (Å²) in [5.74, 6) is 13.2. The van der Waals surface area contributed by atoms with Crippen molar-refractivity contribution >= 4 is 45.6 Å². The minimum Gasteiger partial charge on any atom is -0.387 e. The number of methoxy groups -OCH3 is 4. The van der Waals surface area contributed by atoms with Gasteiger partial charge in [0.05, 0.1) is 116 Å². The molecule has 16 fully saturated rings. The van der Waals surface area contributed by atoms with Crippen LogP contribution in [-0.4, -0.2) is 159 Å². The maximum Gasteiger partial charge on any atom is 0.157 e. The predicted molar refractivity (Wildman–Crippen MR) is 514 cm³/mol. The molecule has 32 atom stereocenters. The summed E-state index contributed by atoms with van der Waals surface area (Å²) in [6.07, 6.45) is 53.0. The van der Waals surface area contributed by atoms with E-state index in [-0.39, 0.29) is 45.3 Å². The minimum absolute atomic E-state index is 0.115. The van der Waals surface area contributed by atoms with Gasteiger partial charge >= 0.3 is 0 Å². The van der Waals surface area contributed by atoms with Gasteiger partial charge in [-0.2, -0.15) is 10.2 Å². The van der Waals surface area contributed by atoms with Crippen molar-refractivity contribution in [1.82, 2.24) is 38.7 Å². The molecule has 21 heteroatoms. The van der Waals surface area contributed by atoms with E-state index in [0.29, 0.717) is 150 Å². The molecule has 4 heterocycles. The van der Waals surface area contributed by atoms with E-state index in [1.54, 1.807) is 58.2 Å². The van der Waals surface area contributed by atoms with Crippen LogP contribution in [0, 0.1) is 182 Å². The van der Waals surface area contributed by atoms with E-state index in [0.717, 1.165) is 179 Å². The van der Waals surface area contributed by atoms with Crippen molar-refractivity contribution in [3.05, 3.63) is 83.8 Å². The lowest BCUT2D eigenvalue weighted by Crippen LogP contribution is -2.56. The maximum absolute atomic E-state index is 13.7. The molecule has 16 aliphatic rings. The molecule has 0 aliphatic heterocycles. The average molecular weight is 1840 g/mol. The van der Waals surface area contributed by atoms with Crippen LogP contribution in [0.2, 0.25) is 5.02 Å². The Bertz CT molecular complexity index is 4630. The highest BCUT2D eigenvalue weighted by Crippen LogP contribution is 2.74. The first-order chi connectivity index (χ1) is 62.7. The Kier molecular flexibility index (Phi) is 27.2. The van der Waals surface area contributed by atoms with Crippen molar-refractivity contribution in [2.45, 2.75) is 356 Å². The number of fused-ring (bicyclic) bond motifs is 21. The molecule has 20 nitrogen and oxygen atoms in total. The van der Waals surface area contributed by atoms with Crippen LogP contribution in [0.5, 0.6) is 0 Å². The number of aromatic nitrogens is 8. The van der Waals surface area contributed by atoms with Gasteiger partial charge in [0.15, 0.2) is 23.1 Å². The van der Waals surface area contributed by atoms with Gasteiger partial charge in [-0.05, 0) is 402 Å². The van der Waals surface area contributed by atoms with Crippen LogP contribution in [0.4, 0.5) is 0 Å². The van der Waals surface area contributed by atoms with Crippen LogP contribution in [0.15, 0.2) is 61.8 Å². The molecule has 1 aromatic carbocycles. The number of ether oxygens (including phenoxy) is 4. The second-order valence-electron chi connectivity index (χ2n) is 50.3. The van der Waals surface area contributed by atoms with Crippen LogP contribution in [0.25, 0.3) is 10.9 Å². The number of aryl methyl sites for hydroxylation is 3. The van der Waals surface area contributed by atoms with E-state index >= 15 is 0 Å². The van der Waals surface area contributed by atoms with E-state index in [4.69, 9.17) is 35.6 Å². The lowest BCUT2D eigenvalue weighted by Gasteiger charge is -2.62. The molecule has 21 rings (SSSR count). The van der Waals surface area contributed by atoms with Crippen LogP contribution < -0.4 is 0 Å². The molecule has 16 saturated carbocycles. The zero-order valence-corrected chi connectivity index (χ0v) is 84.2. The molecule has 0 bridgehead atoms. The summed E-state index contributed by atoms with van der Waals surface area (Å²) < 4.78 is 29.0. The third-order valence-electron chi connectivity index (χ3n) is 43.6. The van der Waals surface area contributed by atoms with Crippen molar-refractivity contribution in [2.24, 2.45) is 162 Å². The number of ketones is 4. The number of imidazole rings is 2. The molecular formula is C111H167ClN8O12. The molecule has 0 unspecified atom stereocenters. The summed E-state index contributed by atoms with van der Waals surface area (Å²) in [6, 6.07) is 6.31. The lowest BCUT2D eigenvalue weighted by molar-refractivity contribution is -0.164. The summed E-state index contributed by atoms with van der Waals surface area (Å²) in [7, 11) is 6.81. The molecule has 5 aromatic rings. The Morgan fingerprint density at radius 1 is 0.364 bits per heavy atom. The Labute approximate surface area is 794 Å². The molecule has 4 aromatic heterocycles. The van der Waals surface area contributed by atoms with Crippen LogP contribution in [-0.2, 0) is 64.3 Å². The van der Waals surface area contributed by atoms with Gasteiger partial charge in [-0.25, -0.2) is 9.97 Å². The molecule has 730 valence electrons. The van der Waals surface area contributed by atoms with Crippen molar-refractivity contribution in [2.75, 3.05) is 54.9 Å². The zero-order valence-electron chi connectivity index (χ0n) is 83.4. The zero-order chi connectivity index (χ0) is 93.5. The van der Waals surface area contributed by atoms with Gasteiger partial charge in [-0.1, -0.05) is 79.1 Å². The van der Waals surface area contributed by atoms with Gasteiger partial charge < -0.3 is 48.5 Å². The molecule has 0 radical (unpaired) electrons. The van der Waals surface area contributed by atoms with E-state index in [9.17, 15) is 39.6 Å². The Morgan fingerprint density at radius 2 is 0.667 bits per heavy atom. The molecule has 0 spiro atoms. The first-order valence-corrected chi connectivity index (χ1v) is 53.1. The average Bonchev–Trinajstić information content (AvgIpc) is 1.40. The molecule has 16 aliphatic carbocycles. The number of hydrogen-bond acceptors (Lipinski definition) is 16. The molecule has 4 N–H and O–H groups in total. The third kappa shape index (κ3) is 17.5. The van der Waals surface area contributed by atoms with Crippen LogP contribution >= 0.6 is 11.6 Å². The minimum atomic E-state index is -0.644. The number of hydrogen-bond donors (Lipinski definition) is 4. The van der Waals surface area contributed by atoms with Gasteiger partial charge in [0.1, 0.15) is 0 Å². The van der Waals surface area contributed by atoms with Crippen LogP contribution in [0.3, 0.4) is 0 Å². The summed E-state index contributed by atoms with van der Waals surface area (Å²) in [4.78, 5) is 62.4. The van der Waals surface area contributed by atoms with Gasteiger partial charge in [0.2, 0.25) is 0 Å². The predicted octanol–water partition coefficient (Wildman–Crippen LogP) is 20.7. The maximum atomic E-state index is 13.7. The highest BCUT2D eigenvalue weighted by atomic mass is 35.5. The summed E-state index contributed by atoms with van der Waals surface area (Å²) in [5, 5.41) is 54.9. The molecular weight excluding hydrogens is 1670 g/mol.